The summed E-state index contributed by atoms with van der Waals surface area (Å²) in [6, 6.07) is 7.22. The fraction of sp³-hybridized carbons (Fsp3) is 0.364. The zero-order valence-electron chi connectivity index (χ0n) is 16.4. The number of aryl methyl sites for hydroxylation is 3. The lowest BCUT2D eigenvalue weighted by molar-refractivity contribution is 0.0320. The van der Waals surface area contributed by atoms with Crippen molar-refractivity contribution in [2.24, 2.45) is 0 Å². The molecule has 6 nitrogen and oxygen atoms in total. The van der Waals surface area contributed by atoms with Gasteiger partial charge in [-0.2, -0.15) is 0 Å². The molecule has 1 atom stereocenters. The summed E-state index contributed by atoms with van der Waals surface area (Å²) >= 11 is 0. The largest absolute Gasteiger partial charge is 0.451 e. The van der Waals surface area contributed by atoms with Crippen molar-refractivity contribution in [3.63, 3.8) is 0 Å². The fourth-order valence-electron chi connectivity index (χ4n) is 3.27. The minimum Gasteiger partial charge on any atom is -0.451 e. The Morgan fingerprint density at radius 2 is 1.89 bits per heavy atom. The summed E-state index contributed by atoms with van der Waals surface area (Å²) in [6.07, 6.45) is 1.19. The number of benzene rings is 1. The van der Waals surface area contributed by atoms with E-state index < -0.39 is 12.1 Å². The second kappa shape index (κ2) is 6.86. The number of aromatic nitrogens is 2. The molecule has 3 aromatic rings. The molecule has 2 aromatic heterocycles. The molecule has 0 saturated heterocycles. The van der Waals surface area contributed by atoms with E-state index in [1.54, 1.807) is 26.0 Å². The van der Waals surface area contributed by atoms with Crippen molar-refractivity contribution in [2.75, 3.05) is 0 Å². The molecule has 28 heavy (non-hydrogen) atoms. The number of rotatable bonds is 5. The Morgan fingerprint density at radius 3 is 2.57 bits per heavy atom. The number of ether oxygens (including phenoxy) is 1. The highest BCUT2D eigenvalue weighted by Crippen LogP contribution is 2.40. The van der Waals surface area contributed by atoms with E-state index in [0.29, 0.717) is 33.8 Å². The lowest BCUT2D eigenvalue weighted by atomic mass is 10.0. The monoisotopic (exact) mass is 378 g/mol. The topological polar surface area (TPSA) is 82.3 Å². The van der Waals surface area contributed by atoms with Crippen molar-refractivity contribution < 1.29 is 18.8 Å². The number of carbonyl (C=O) groups excluding carboxylic acids is 2. The van der Waals surface area contributed by atoms with Crippen molar-refractivity contribution in [2.45, 2.75) is 52.6 Å². The van der Waals surface area contributed by atoms with Gasteiger partial charge in [-0.15, -0.1) is 0 Å². The lowest BCUT2D eigenvalue weighted by Gasteiger charge is -2.14. The van der Waals surface area contributed by atoms with E-state index in [-0.39, 0.29) is 5.78 Å². The van der Waals surface area contributed by atoms with E-state index in [2.05, 4.69) is 10.1 Å². The third kappa shape index (κ3) is 3.30. The van der Waals surface area contributed by atoms with E-state index in [9.17, 15) is 9.59 Å². The standard InChI is InChI=1S/C22H22N2O4/c1-11-5-6-16(9-12(11)2)20(25)14(4)27-22(26)17-10-18(15-7-8-15)23-21-19(17)13(3)24-28-21/h5-6,9-10,14-15H,7-8H2,1-4H3/t14-/m0/s1. The van der Waals surface area contributed by atoms with Crippen molar-refractivity contribution in [1.29, 1.82) is 0 Å². The molecule has 0 spiro atoms. The van der Waals surface area contributed by atoms with Crippen LogP contribution in [0, 0.1) is 20.8 Å². The summed E-state index contributed by atoms with van der Waals surface area (Å²) in [6.45, 7) is 7.28. The van der Waals surface area contributed by atoms with Gasteiger partial charge in [0.05, 0.1) is 16.6 Å². The van der Waals surface area contributed by atoms with Crippen LogP contribution in [-0.4, -0.2) is 28.0 Å². The van der Waals surface area contributed by atoms with Gasteiger partial charge in [-0.25, -0.2) is 9.78 Å². The van der Waals surface area contributed by atoms with E-state index in [0.717, 1.165) is 29.7 Å². The van der Waals surface area contributed by atoms with Gasteiger partial charge >= 0.3 is 5.97 Å². The van der Waals surface area contributed by atoms with Crippen LogP contribution < -0.4 is 0 Å². The normalized spacial score (nSPS) is 14.9. The Morgan fingerprint density at radius 1 is 1.14 bits per heavy atom. The van der Waals surface area contributed by atoms with Gasteiger partial charge in [0, 0.05) is 17.2 Å². The number of esters is 1. The molecule has 0 bridgehead atoms. The Bertz CT molecular complexity index is 1100. The van der Waals surface area contributed by atoms with Crippen LogP contribution in [0.25, 0.3) is 11.1 Å². The fourth-order valence-corrected chi connectivity index (χ4v) is 3.27. The van der Waals surface area contributed by atoms with Gasteiger partial charge in [-0.05, 0) is 63.8 Å². The minimum atomic E-state index is -0.901. The quantitative estimate of drug-likeness (QED) is 0.482. The molecule has 144 valence electrons. The van der Waals surface area contributed by atoms with Gasteiger partial charge in [0.25, 0.3) is 5.71 Å². The number of Topliss-reactive ketones (excluding diaryl/α,β-unsaturated/α-hetero) is 1. The first-order valence-electron chi connectivity index (χ1n) is 9.44. The summed E-state index contributed by atoms with van der Waals surface area (Å²) in [5.74, 6) is -0.451. The highest BCUT2D eigenvalue weighted by Gasteiger charge is 2.30. The number of fused-ring (bicyclic) bond motifs is 1. The average Bonchev–Trinajstić information content (AvgIpc) is 3.46. The average molecular weight is 378 g/mol. The molecule has 6 heteroatoms. The molecule has 1 aliphatic rings. The number of hydrogen-bond donors (Lipinski definition) is 0. The van der Waals surface area contributed by atoms with Gasteiger partial charge in [0.2, 0.25) is 5.78 Å². The first-order valence-corrected chi connectivity index (χ1v) is 9.44. The molecule has 2 heterocycles. The molecule has 0 radical (unpaired) electrons. The summed E-state index contributed by atoms with van der Waals surface area (Å²) in [5, 5.41) is 4.47. The van der Waals surface area contributed by atoms with Gasteiger partial charge in [-0.1, -0.05) is 17.3 Å². The highest BCUT2D eigenvalue weighted by atomic mass is 16.5. The third-order valence-corrected chi connectivity index (χ3v) is 5.30. The summed E-state index contributed by atoms with van der Waals surface area (Å²) < 4.78 is 10.8. The number of carbonyl (C=O) groups is 2. The summed E-state index contributed by atoms with van der Waals surface area (Å²) in [4.78, 5) is 30.1. The molecule has 0 N–H and O–H groups in total. The predicted octanol–water partition coefficient (Wildman–Crippen LogP) is 4.45. The molecule has 1 saturated carbocycles. The molecule has 0 amide bonds. The zero-order valence-corrected chi connectivity index (χ0v) is 16.4. The number of hydrogen-bond acceptors (Lipinski definition) is 6. The van der Waals surface area contributed by atoms with Gasteiger partial charge in [-0.3, -0.25) is 4.79 Å². The van der Waals surface area contributed by atoms with E-state index in [4.69, 9.17) is 9.26 Å². The second-order valence-corrected chi connectivity index (χ2v) is 7.53. The summed E-state index contributed by atoms with van der Waals surface area (Å²) in [7, 11) is 0. The van der Waals surface area contributed by atoms with Crippen molar-refractivity contribution >= 4 is 22.9 Å². The Hall–Kier alpha value is -3.02. The lowest BCUT2D eigenvalue weighted by Crippen LogP contribution is -2.25. The Labute approximate surface area is 162 Å². The smallest absolute Gasteiger partial charge is 0.339 e. The molecule has 1 fully saturated rings. The number of ketones is 1. The van der Waals surface area contributed by atoms with Gasteiger partial charge in [0.15, 0.2) is 6.10 Å². The molecule has 0 aliphatic heterocycles. The van der Waals surface area contributed by atoms with Crippen LogP contribution in [0.5, 0.6) is 0 Å². The van der Waals surface area contributed by atoms with Crippen LogP contribution in [0.2, 0.25) is 0 Å². The minimum absolute atomic E-state index is 0.230. The third-order valence-electron chi connectivity index (χ3n) is 5.30. The highest BCUT2D eigenvalue weighted by molar-refractivity contribution is 6.06. The van der Waals surface area contributed by atoms with Gasteiger partial charge < -0.3 is 9.26 Å². The number of pyridine rings is 1. The van der Waals surface area contributed by atoms with Gasteiger partial charge in [0.1, 0.15) is 0 Å². The molecular weight excluding hydrogens is 356 g/mol. The van der Waals surface area contributed by atoms with E-state index in [1.807, 2.05) is 26.0 Å². The Kier molecular flexibility index (Phi) is 4.49. The van der Waals surface area contributed by atoms with E-state index in [1.165, 1.54) is 0 Å². The van der Waals surface area contributed by atoms with Crippen LogP contribution >= 0.6 is 0 Å². The van der Waals surface area contributed by atoms with Crippen LogP contribution in [0.15, 0.2) is 28.8 Å². The molecule has 4 rings (SSSR count). The van der Waals surface area contributed by atoms with E-state index >= 15 is 0 Å². The molecule has 1 aromatic carbocycles. The van der Waals surface area contributed by atoms with Crippen LogP contribution in [0.1, 0.15) is 68.9 Å². The zero-order chi connectivity index (χ0) is 20.0. The van der Waals surface area contributed by atoms with Crippen molar-refractivity contribution in [3.8, 4) is 0 Å². The Balaban J connectivity index is 1.61. The maximum absolute atomic E-state index is 12.9. The predicted molar refractivity (Wildman–Crippen MR) is 104 cm³/mol. The summed E-state index contributed by atoms with van der Waals surface area (Å²) in [5.41, 5.74) is 4.73. The number of nitrogens with zero attached hydrogens (tertiary/aromatic N) is 2. The maximum atomic E-state index is 12.9. The molecule has 0 unspecified atom stereocenters. The first kappa shape index (κ1) is 18.3. The molecular formula is C22H22N2O4. The SMILES string of the molecule is Cc1ccc(C(=O)[C@H](C)OC(=O)c2cc(C3CC3)nc3onc(C)c23)cc1C. The van der Waals surface area contributed by atoms with Crippen LogP contribution in [-0.2, 0) is 4.74 Å². The maximum Gasteiger partial charge on any atom is 0.339 e. The first-order chi connectivity index (χ1) is 13.3. The van der Waals surface area contributed by atoms with Crippen LogP contribution in [0.3, 0.4) is 0 Å². The van der Waals surface area contributed by atoms with Crippen molar-refractivity contribution in [3.05, 3.63) is 57.9 Å². The second-order valence-electron chi connectivity index (χ2n) is 7.53. The van der Waals surface area contributed by atoms with Crippen molar-refractivity contribution in [1.82, 2.24) is 10.1 Å². The van der Waals surface area contributed by atoms with Crippen LogP contribution in [0.4, 0.5) is 0 Å². The molecule has 1 aliphatic carbocycles.